The molecule has 1 N–H and O–H groups in total. The zero-order valence-electron chi connectivity index (χ0n) is 31.8. The van der Waals surface area contributed by atoms with E-state index in [0.717, 1.165) is 40.4 Å². The van der Waals surface area contributed by atoms with Crippen molar-refractivity contribution in [2.75, 3.05) is 16.8 Å². The van der Waals surface area contributed by atoms with Crippen molar-refractivity contribution in [1.82, 2.24) is 9.97 Å². The van der Waals surface area contributed by atoms with E-state index < -0.39 is 31.5 Å². The fourth-order valence-electron chi connectivity index (χ4n) is 5.28. The third kappa shape index (κ3) is 4.26. The monoisotopic (exact) mass is 537 g/mol. The van der Waals surface area contributed by atoms with Crippen LogP contribution in [0.2, 0.25) is 0 Å². The lowest BCUT2D eigenvalue weighted by atomic mass is 9.84. The summed E-state index contributed by atoms with van der Waals surface area (Å²) in [7, 11) is 1.99. The highest BCUT2D eigenvalue weighted by Gasteiger charge is 2.30. The number of nitrogens with zero attached hydrogens (tertiary/aromatic N) is 4. The molecule has 0 atom stereocenters. The molecule has 2 aromatic heterocycles. The van der Waals surface area contributed by atoms with Crippen molar-refractivity contribution < 1.29 is 17.4 Å². The van der Waals surface area contributed by atoms with Gasteiger partial charge in [-0.1, -0.05) is 71.7 Å². The largest absolute Gasteiger partial charge is 0.506 e. The molecule has 0 aliphatic carbocycles. The van der Waals surface area contributed by atoms with E-state index in [0.29, 0.717) is 17.1 Å². The van der Waals surface area contributed by atoms with Crippen LogP contribution in [0.5, 0.6) is 5.75 Å². The third-order valence-corrected chi connectivity index (χ3v) is 7.44. The van der Waals surface area contributed by atoms with Crippen LogP contribution in [-0.4, -0.2) is 22.1 Å². The minimum atomic E-state index is -3.46. The normalized spacial score (nSPS) is 17.6. The second-order valence-electron chi connectivity index (χ2n) is 11.2. The van der Waals surface area contributed by atoms with Crippen LogP contribution in [-0.2, 0) is 10.8 Å². The fourth-order valence-corrected chi connectivity index (χ4v) is 5.28. The predicted molar refractivity (Wildman–Crippen MR) is 167 cm³/mol. The van der Waals surface area contributed by atoms with E-state index in [1.807, 2.05) is 43.4 Å². The molecule has 0 spiro atoms. The van der Waals surface area contributed by atoms with Gasteiger partial charge in [-0.2, -0.15) is 0 Å². The van der Waals surface area contributed by atoms with Gasteiger partial charge in [0.2, 0.25) is 0 Å². The molecule has 1 aliphatic heterocycles. The number of phenols is 1. The zero-order chi connectivity index (χ0) is 35.9. The highest BCUT2D eigenvalue weighted by atomic mass is 16.3. The van der Waals surface area contributed by atoms with E-state index in [1.54, 1.807) is 12.3 Å². The van der Waals surface area contributed by atoms with Crippen molar-refractivity contribution in [3.63, 3.8) is 0 Å². The van der Waals surface area contributed by atoms with Gasteiger partial charge in [0.05, 0.1) is 28.4 Å². The van der Waals surface area contributed by atoms with Crippen molar-refractivity contribution in [2.45, 2.75) is 52.2 Å². The van der Waals surface area contributed by atoms with Gasteiger partial charge in [-0.3, -0.25) is 4.90 Å². The first-order valence-corrected chi connectivity index (χ1v) is 13.1. The maximum absolute atomic E-state index is 11.0. The second-order valence-corrected chi connectivity index (χ2v) is 11.2. The van der Waals surface area contributed by atoms with Gasteiger partial charge in [0.15, 0.2) is 0 Å². The van der Waals surface area contributed by atoms with Gasteiger partial charge >= 0.3 is 0 Å². The molecule has 0 fully saturated rings. The molecule has 40 heavy (non-hydrogen) atoms. The van der Waals surface area contributed by atoms with Crippen LogP contribution < -0.4 is 9.80 Å². The first-order chi connectivity index (χ1) is 22.7. The van der Waals surface area contributed by atoms with Crippen LogP contribution in [0.4, 0.5) is 28.6 Å². The summed E-state index contributed by atoms with van der Waals surface area (Å²) in [5, 5.41) is 10.9. The number of benzene rings is 3. The molecular weight excluding hydrogens is 492 g/mol. The molecule has 1 aliphatic rings. The Labute approximate surface area is 249 Å². The first kappa shape index (κ1) is 17.3. The number of aromatic hydroxyl groups is 1. The van der Waals surface area contributed by atoms with Crippen LogP contribution >= 0.6 is 0 Å². The average molecular weight is 538 g/mol. The summed E-state index contributed by atoms with van der Waals surface area (Å²) in [5.41, 5.74) is 1.87. The molecule has 0 unspecified atom stereocenters. The zero-order valence-corrected chi connectivity index (χ0v) is 22.8. The van der Waals surface area contributed by atoms with Crippen molar-refractivity contribution in [3.05, 3.63) is 96.2 Å². The summed E-state index contributed by atoms with van der Waals surface area (Å²) < 4.78 is 73.8. The molecule has 202 valence electrons. The molecule has 0 saturated carbocycles. The molecule has 3 heterocycles. The molecule has 0 amide bonds. The molecule has 0 bridgehead atoms. The van der Waals surface area contributed by atoms with Crippen molar-refractivity contribution in [3.8, 4) is 17.0 Å². The molecular formula is C35H36N4O. The maximum Gasteiger partial charge on any atom is 0.141 e. The minimum absolute atomic E-state index is 0.0800. The lowest BCUT2D eigenvalue weighted by Crippen LogP contribution is -2.25. The molecule has 3 aromatic carbocycles. The number of hydrogen-bond donors (Lipinski definition) is 1. The third-order valence-electron chi connectivity index (χ3n) is 7.44. The highest BCUT2D eigenvalue weighted by molar-refractivity contribution is 5.99. The first-order valence-electron chi connectivity index (χ1n) is 17.6. The Bertz CT molecular complexity index is 2030. The minimum Gasteiger partial charge on any atom is -0.506 e. The summed E-state index contributed by atoms with van der Waals surface area (Å²) in [4.78, 5) is 13.5. The van der Waals surface area contributed by atoms with Crippen LogP contribution in [0.1, 0.15) is 64.8 Å². The SMILES string of the molecule is [2H]C([2H])([2H])C(c1ccc(O)c2nc(-c3ccc4c(c3)N(c3ccccn3)c3cc(C(C)(C)C)ccc3N4C)ccc12)(C([2H])([2H])[2H])C([2H])([2H])[2H]. The Morgan fingerprint density at radius 3 is 2.23 bits per heavy atom. The summed E-state index contributed by atoms with van der Waals surface area (Å²) in [6, 6.07) is 23.0. The number of fused-ring (bicyclic) bond motifs is 3. The average Bonchev–Trinajstić information content (AvgIpc) is 3.00. The van der Waals surface area contributed by atoms with Crippen molar-refractivity contribution >= 4 is 39.5 Å². The Morgan fingerprint density at radius 1 is 0.775 bits per heavy atom. The van der Waals surface area contributed by atoms with Crippen molar-refractivity contribution in [1.29, 1.82) is 0 Å². The lowest BCUT2D eigenvalue weighted by Gasteiger charge is -2.39. The van der Waals surface area contributed by atoms with Gasteiger partial charge < -0.3 is 10.0 Å². The molecule has 6 rings (SSSR count). The smallest absolute Gasteiger partial charge is 0.141 e. The summed E-state index contributed by atoms with van der Waals surface area (Å²) in [6.45, 7) is -3.92. The van der Waals surface area contributed by atoms with Gasteiger partial charge in [-0.05, 0) is 70.5 Å². The second kappa shape index (κ2) is 9.09. The van der Waals surface area contributed by atoms with Crippen LogP contribution in [0.3, 0.4) is 0 Å². The van der Waals surface area contributed by atoms with Gasteiger partial charge in [-0.15, -0.1) is 0 Å². The number of pyridine rings is 2. The summed E-state index contributed by atoms with van der Waals surface area (Å²) in [5.74, 6) is 0.345. The van der Waals surface area contributed by atoms with Crippen LogP contribution in [0, 0.1) is 0 Å². The number of aromatic nitrogens is 2. The molecule has 5 aromatic rings. The molecule has 5 nitrogen and oxygen atoms in total. The van der Waals surface area contributed by atoms with Gasteiger partial charge in [-0.25, -0.2) is 9.97 Å². The number of phenolic OH excluding ortho intramolecular Hbond substituents is 1. The maximum atomic E-state index is 11.0. The van der Waals surface area contributed by atoms with Gasteiger partial charge in [0.25, 0.3) is 0 Å². The van der Waals surface area contributed by atoms with Gasteiger partial charge in [0, 0.05) is 36.5 Å². The van der Waals surface area contributed by atoms with E-state index in [2.05, 4.69) is 58.7 Å². The number of hydrogen-bond acceptors (Lipinski definition) is 5. The quantitative estimate of drug-likeness (QED) is 0.243. The van der Waals surface area contributed by atoms with E-state index in [4.69, 9.17) is 12.3 Å². The van der Waals surface area contributed by atoms with Crippen molar-refractivity contribution in [2.24, 2.45) is 0 Å². The van der Waals surface area contributed by atoms with E-state index in [1.165, 1.54) is 6.07 Å². The number of anilines is 5. The van der Waals surface area contributed by atoms with E-state index in [9.17, 15) is 5.11 Å². The van der Waals surface area contributed by atoms with Crippen LogP contribution in [0.15, 0.2) is 85.1 Å². The fraction of sp³-hybridized carbons (Fsp3) is 0.257. The summed E-state index contributed by atoms with van der Waals surface area (Å²) >= 11 is 0. The standard InChI is InChI=1S/C35H36N4O/c1-34(2,3)23-12-17-28-30(21-23)39(32-10-8-9-19-36-32)29-20-22(11-16-27(29)38(28)7)26-15-13-24-25(35(4,5)6)14-18-31(40)33(24)37-26/h8-21,40H,1-7H3/i4D3,5D3,6D3. The molecule has 0 radical (unpaired) electrons. The Morgan fingerprint density at radius 2 is 1.52 bits per heavy atom. The Kier molecular flexibility index (Phi) is 3.94. The van der Waals surface area contributed by atoms with Crippen LogP contribution in [0.25, 0.3) is 22.2 Å². The van der Waals surface area contributed by atoms with E-state index >= 15 is 0 Å². The predicted octanol–water partition coefficient (Wildman–Crippen LogP) is 9.15. The molecule has 0 saturated heterocycles. The lowest BCUT2D eigenvalue weighted by molar-refractivity contribution is 0.479. The number of rotatable bonds is 2. The molecule has 5 heteroatoms. The summed E-state index contributed by atoms with van der Waals surface area (Å²) in [6.07, 6.45) is 1.73. The Hall–Kier alpha value is -4.38. The van der Waals surface area contributed by atoms with Gasteiger partial charge in [0.1, 0.15) is 17.1 Å². The van der Waals surface area contributed by atoms with E-state index in [-0.39, 0.29) is 22.1 Å². The highest BCUT2D eigenvalue weighted by Crippen LogP contribution is 2.52. The topological polar surface area (TPSA) is 52.5 Å². The Balaban J connectivity index is 1.57.